The topological polar surface area (TPSA) is 64.8 Å². The summed E-state index contributed by atoms with van der Waals surface area (Å²) < 4.78 is 41.3. The van der Waals surface area contributed by atoms with Gasteiger partial charge in [-0.15, -0.1) is 0 Å². The van der Waals surface area contributed by atoms with E-state index >= 15 is 0 Å². The van der Waals surface area contributed by atoms with Crippen molar-refractivity contribution in [3.05, 3.63) is 42.2 Å². The second-order valence-electron chi connectivity index (χ2n) is 4.39. The smallest absolute Gasteiger partial charge is 0.414 e. The van der Waals surface area contributed by atoms with Gasteiger partial charge in [-0.1, -0.05) is 0 Å². The molecule has 21 heavy (non-hydrogen) atoms. The molecule has 8 heteroatoms. The van der Waals surface area contributed by atoms with Crippen molar-refractivity contribution in [3.63, 3.8) is 0 Å². The van der Waals surface area contributed by atoms with E-state index in [1.165, 1.54) is 12.3 Å². The van der Waals surface area contributed by atoms with Crippen LogP contribution >= 0.6 is 0 Å². The zero-order valence-corrected chi connectivity index (χ0v) is 10.7. The number of nitrogens with zero attached hydrogens (tertiary/aromatic N) is 2. The number of carbonyl (C=O) groups excluding carboxylic acids is 1. The molecular formula is C13H10F2N2O4. The van der Waals surface area contributed by atoms with Crippen LogP contribution in [0.4, 0.5) is 19.3 Å². The summed E-state index contributed by atoms with van der Waals surface area (Å²) in [6.45, 7) is 0.187. The van der Waals surface area contributed by atoms with Crippen LogP contribution in [0, 0.1) is 11.6 Å². The third-order valence-corrected chi connectivity index (χ3v) is 2.86. The number of amides is 1. The molecule has 110 valence electrons. The van der Waals surface area contributed by atoms with Gasteiger partial charge in [-0.3, -0.25) is 4.90 Å². The Morgan fingerprint density at radius 3 is 2.76 bits per heavy atom. The summed E-state index contributed by atoms with van der Waals surface area (Å²) in [6.07, 6.45) is 0.0898. The van der Waals surface area contributed by atoms with Gasteiger partial charge in [-0.05, 0) is 17.3 Å². The number of hydrogen-bond acceptors (Lipinski definition) is 5. The largest absolute Gasteiger partial charge is 0.471 e. The average molecular weight is 296 g/mol. The maximum absolute atomic E-state index is 13.2. The quantitative estimate of drug-likeness (QED) is 0.866. The molecule has 6 nitrogen and oxygen atoms in total. The van der Waals surface area contributed by atoms with Gasteiger partial charge in [0.1, 0.15) is 24.5 Å². The lowest BCUT2D eigenvalue weighted by atomic mass is 10.2. The molecule has 0 spiro atoms. The van der Waals surface area contributed by atoms with E-state index in [0.29, 0.717) is 0 Å². The second kappa shape index (κ2) is 5.39. The summed E-state index contributed by atoms with van der Waals surface area (Å²) in [4.78, 5) is 12.9. The Labute approximate surface area is 117 Å². The van der Waals surface area contributed by atoms with Crippen LogP contribution in [-0.2, 0) is 4.74 Å². The lowest BCUT2D eigenvalue weighted by Gasteiger charge is -2.13. The van der Waals surface area contributed by atoms with Crippen LogP contribution in [-0.4, -0.2) is 30.5 Å². The van der Waals surface area contributed by atoms with Gasteiger partial charge in [-0.25, -0.2) is 13.6 Å². The van der Waals surface area contributed by atoms with Gasteiger partial charge in [-0.2, -0.15) is 0 Å². The number of rotatable bonds is 4. The summed E-state index contributed by atoms with van der Waals surface area (Å²) in [5.41, 5.74) is 0.0986. The normalized spacial score (nSPS) is 17.9. The highest BCUT2D eigenvalue weighted by atomic mass is 19.1. The standard InChI is InChI=1S/C13H10F2N2O4/c14-8-3-9(15)5-10(4-8)17-6-11(21-13(17)18)7-19-12-1-2-20-16-12/h1-5,11H,6-7H2. The molecule has 1 atom stereocenters. The maximum Gasteiger partial charge on any atom is 0.414 e. The highest BCUT2D eigenvalue weighted by Crippen LogP contribution is 2.24. The van der Waals surface area contributed by atoms with Crippen molar-refractivity contribution in [2.45, 2.75) is 6.10 Å². The van der Waals surface area contributed by atoms with Crippen LogP contribution in [0.25, 0.3) is 0 Å². The van der Waals surface area contributed by atoms with Gasteiger partial charge < -0.3 is 14.0 Å². The van der Waals surface area contributed by atoms with Crippen molar-refractivity contribution in [1.29, 1.82) is 0 Å². The van der Waals surface area contributed by atoms with Gasteiger partial charge in [0.2, 0.25) is 0 Å². The fourth-order valence-corrected chi connectivity index (χ4v) is 1.97. The van der Waals surface area contributed by atoms with Gasteiger partial charge in [0.25, 0.3) is 5.88 Å². The van der Waals surface area contributed by atoms with E-state index in [0.717, 1.165) is 23.1 Å². The molecule has 1 saturated heterocycles. The number of aromatic nitrogens is 1. The highest BCUT2D eigenvalue weighted by Gasteiger charge is 2.33. The van der Waals surface area contributed by atoms with Crippen LogP contribution in [0.1, 0.15) is 0 Å². The number of anilines is 1. The van der Waals surface area contributed by atoms with Crippen molar-refractivity contribution in [3.8, 4) is 5.88 Å². The molecule has 1 fully saturated rings. The number of carbonyl (C=O) groups is 1. The number of ether oxygens (including phenoxy) is 2. The second-order valence-corrected chi connectivity index (χ2v) is 4.39. The average Bonchev–Trinajstić information content (AvgIpc) is 3.04. The monoisotopic (exact) mass is 296 g/mol. The predicted molar refractivity (Wildman–Crippen MR) is 66.0 cm³/mol. The Kier molecular flexibility index (Phi) is 3.43. The van der Waals surface area contributed by atoms with Gasteiger partial charge >= 0.3 is 6.09 Å². The molecule has 1 aromatic carbocycles. The molecule has 0 radical (unpaired) electrons. The third-order valence-electron chi connectivity index (χ3n) is 2.86. The molecule has 2 heterocycles. The first kappa shape index (κ1) is 13.3. The van der Waals surface area contributed by atoms with E-state index in [-0.39, 0.29) is 24.7 Å². The summed E-state index contributed by atoms with van der Waals surface area (Å²) in [5.74, 6) is -1.26. The first-order valence-electron chi connectivity index (χ1n) is 6.09. The Bertz CT molecular complexity index is 627. The molecule has 3 rings (SSSR count). The van der Waals surface area contributed by atoms with Crippen LogP contribution < -0.4 is 9.64 Å². The molecule has 0 saturated carbocycles. The van der Waals surface area contributed by atoms with Crippen LogP contribution in [0.3, 0.4) is 0 Å². The van der Waals surface area contributed by atoms with Gasteiger partial charge in [0.15, 0.2) is 6.10 Å². The van der Waals surface area contributed by atoms with E-state index in [4.69, 9.17) is 9.47 Å². The van der Waals surface area contributed by atoms with Crippen LogP contribution in [0.5, 0.6) is 5.88 Å². The minimum absolute atomic E-state index is 0.0621. The third kappa shape index (κ3) is 2.93. The Balaban J connectivity index is 1.66. The summed E-state index contributed by atoms with van der Waals surface area (Å²) in [7, 11) is 0. The van der Waals surface area contributed by atoms with Gasteiger partial charge in [0, 0.05) is 12.1 Å². The van der Waals surface area contributed by atoms with Crippen LogP contribution in [0.15, 0.2) is 35.1 Å². The number of cyclic esters (lactones) is 1. The summed E-state index contributed by atoms with van der Waals surface area (Å²) in [6, 6.07) is 4.36. The molecule has 2 aromatic rings. The lowest BCUT2D eigenvalue weighted by molar-refractivity contribution is 0.102. The minimum Gasteiger partial charge on any atom is -0.471 e. The zero-order valence-electron chi connectivity index (χ0n) is 10.7. The lowest BCUT2D eigenvalue weighted by Crippen LogP contribution is -2.26. The van der Waals surface area contributed by atoms with Crippen molar-refractivity contribution < 1.29 is 27.6 Å². The molecule has 1 unspecified atom stereocenters. The van der Waals surface area contributed by atoms with E-state index < -0.39 is 23.8 Å². The van der Waals surface area contributed by atoms with E-state index in [1.807, 2.05) is 0 Å². The molecule has 1 aliphatic rings. The molecule has 0 bridgehead atoms. The van der Waals surface area contributed by atoms with Crippen LogP contribution in [0.2, 0.25) is 0 Å². The minimum atomic E-state index is -0.764. The van der Waals surface area contributed by atoms with E-state index in [9.17, 15) is 13.6 Å². The summed E-state index contributed by atoms with van der Waals surface area (Å²) >= 11 is 0. The Morgan fingerprint density at radius 2 is 2.10 bits per heavy atom. The summed E-state index contributed by atoms with van der Waals surface area (Å²) in [5, 5.41) is 3.55. The van der Waals surface area contributed by atoms with Gasteiger partial charge in [0.05, 0.1) is 12.2 Å². The molecule has 1 aliphatic heterocycles. The molecule has 0 aliphatic carbocycles. The fraction of sp³-hybridized carbons (Fsp3) is 0.231. The van der Waals surface area contributed by atoms with Crippen molar-refractivity contribution in [2.75, 3.05) is 18.1 Å². The molecule has 1 amide bonds. The first-order chi connectivity index (χ1) is 10.1. The molecule has 1 aromatic heterocycles. The number of benzene rings is 1. The first-order valence-corrected chi connectivity index (χ1v) is 6.09. The SMILES string of the molecule is O=C1OC(COc2ccon2)CN1c1cc(F)cc(F)c1. The van der Waals surface area contributed by atoms with E-state index in [2.05, 4.69) is 9.68 Å². The number of halogens is 2. The molecule has 0 N–H and O–H groups in total. The van der Waals surface area contributed by atoms with E-state index in [1.54, 1.807) is 0 Å². The highest BCUT2D eigenvalue weighted by molar-refractivity contribution is 5.89. The van der Waals surface area contributed by atoms with Crippen molar-refractivity contribution in [1.82, 2.24) is 5.16 Å². The molecular weight excluding hydrogens is 286 g/mol. The Hall–Kier alpha value is -2.64. The Morgan fingerprint density at radius 1 is 1.33 bits per heavy atom. The fourth-order valence-electron chi connectivity index (χ4n) is 1.97. The number of hydrogen-bond donors (Lipinski definition) is 0. The van der Waals surface area contributed by atoms with Crippen molar-refractivity contribution in [2.24, 2.45) is 0 Å². The zero-order chi connectivity index (χ0) is 14.8. The maximum atomic E-state index is 13.2. The predicted octanol–water partition coefficient (Wildman–Crippen LogP) is 2.36. The van der Waals surface area contributed by atoms with Crippen molar-refractivity contribution >= 4 is 11.8 Å².